The largest absolute Gasteiger partial charge is 0.489 e. The van der Waals surface area contributed by atoms with Crippen molar-refractivity contribution in [2.45, 2.75) is 6.61 Å². The van der Waals surface area contributed by atoms with E-state index in [4.69, 9.17) is 17.0 Å². The summed E-state index contributed by atoms with van der Waals surface area (Å²) >= 11 is 7.43. The first-order valence-corrected chi connectivity index (χ1v) is 9.74. The number of ether oxygens (including phenoxy) is 1. The van der Waals surface area contributed by atoms with Gasteiger partial charge in [-0.2, -0.15) is 0 Å². The van der Waals surface area contributed by atoms with Gasteiger partial charge in [-0.1, -0.05) is 42.5 Å². The molecule has 136 valence electrons. The third-order valence-electron chi connectivity index (χ3n) is 3.71. The van der Waals surface area contributed by atoms with Crippen LogP contribution in [0.15, 0.2) is 78.9 Å². The lowest BCUT2D eigenvalue weighted by Gasteiger charge is -2.11. The lowest BCUT2D eigenvalue weighted by atomic mass is 10.2. The molecular weight excluding hydrogens is 471 g/mol. The van der Waals surface area contributed by atoms with Gasteiger partial charge in [0, 0.05) is 9.13 Å². The summed E-state index contributed by atoms with van der Waals surface area (Å²) in [5.74, 6) is 0.433. The van der Waals surface area contributed by atoms with E-state index in [0.29, 0.717) is 17.9 Å². The van der Waals surface area contributed by atoms with Crippen LogP contribution in [-0.4, -0.2) is 11.0 Å². The predicted molar refractivity (Wildman–Crippen MR) is 120 cm³/mol. The van der Waals surface area contributed by atoms with Crippen molar-refractivity contribution in [3.63, 3.8) is 0 Å². The van der Waals surface area contributed by atoms with Gasteiger partial charge in [-0.15, -0.1) is 0 Å². The zero-order valence-corrected chi connectivity index (χ0v) is 17.3. The third-order valence-corrected chi connectivity index (χ3v) is 4.86. The molecule has 3 rings (SSSR count). The zero-order chi connectivity index (χ0) is 19.1. The topological polar surface area (TPSA) is 50.4 Å². The fourth-order valence-corrected chi connectivity index (χ4v) is 3.06. The van der Waals surface area contributed by atoms with Gasteiger partial charge < -0.3 is 10.1 Å². The Kier molecular flexibility index (Phi) is 6.78. The minimum atomic E-state index is -0.270. The first-order valence-electron chi connectivity index (χ1n) is 8.25. The average molecular weight is 488 g/mol. The van der Waals surface area contributed by atoms with Crippen molar-refractivity contribution in [3.05, 3.63) is 93.6 Å². The Morgan fingerprint density at radius 2 is 1.59 bits per heavy atom. The monoisotopic (exact) mass is 488 g/mol. The summed E-state index contributed by atoms with van der Waals surface area (Å²) in [7, 11) is 0. The molecule has 0 saturated heterocycles. The van der Waals surface area contributed by atoms with Crippen molar-refractivity contribution in [2.24, 2.45) is 0 Å². The molecule has 0 aromatic heterocycles. The van der Waals surface area contributed by atoms with Gasteiger partial charge in [-0.25, -0.2) is 0 Å². The molecule has 6 heteroatoms. The molecule has 0 fully saturated rings. The van der Waals surface area contributed by atoms with Crippen LogP contribution >= 0.6 is 34.8 Å². The summed E-state index contributed by atoms with van der Waals surface area (Å²) < 4.78 is 6.75. The van der Waals surface area contributed by atoms with Gasteiger partial charge in [-0.05, 0) is 76.8 Å². The Hall–Kier alpha value is -2.45. The van der Waals surface area contributed by atoms with Crippen LogP contribution < -0.4 is 15.4 Å². The number of benzene rings is 3. The van der Waals surface area contributed by atoms with Crippen LogP contribution in [0, 0.1) is 3.57 Å². The van der Waals surface area contributed by atoms with Crippen LogP contribution in [0.4, 0.5) is 5.69 Å². The van der Waals surface area contributed by atoms with E-state index in [0.717, 1.165) is 14.8 Å². The van der Waals surface area contributed by atoms with Gasteiger partial charge in [0.2, 0.25) is 0 Å². The van der Waals surface area contributed by atoms with E-state index >= 15 is 0 Å². The number of hydrogen-bond donors (Lipinski definition) is 2. The molecule has 1 amide bonds. The number of anilines is 1. The maximum absolute atomic E-state index is 12.3. The summed E-state index contributed by atoms with van der Waals surface area (Å²) in [6, 6.07) is 24.6. The Labute approximate surface area is 177 Å². The van der Waals surface area contributed by atoms with Crippen molar-refractivity contribution in [1.82, 2.24) is 5.32 Å². The van der Waals surface area contributed by atoms with Crippen LogP contribution in [0.3, 0.4) is 0 Å². The highest BCUT2D eigenvalue weighted by molar-refractivity contribution is 14.1. The number of hydrogen-bond acceptors (Lipinski definition) is 3. The smallest absolute Gasteiger partial charge is 0.257 e. The summed E-state index contributed by atoms with van der Waals surface area (Å²) in [6.45, 7) is 0.482. The number of amides is 1. The second-order valence-corrected chi connectivity index (χ2v) is 7.26. The minimum Gasteiger partial charge on any atom is -0.489 e. The number of rotatable bonds is 5. The normalized spacial score (nSPS) is 10.1. The first-order chi connectivity index (χ1) is 13.1. The summed E-state index contributed by atoms with van der Waals surface area (Å²) in [5, 5.41) is 5.97. The van der Waals surface area contributed by atoms with E-state index in [1.54, 1.807) is 24.3 Å². The highest BCUT2D eigenvalue weighted by atomic mass is 127. The number of carbonyl (C=O) groups is 1. The van der Waals surface area contributed by atoms with Gasteiger partial charge >= 0.3 is 0 Å². The van der Waals surface area contributed by atoms with Crippen LogP contribution in [0.2, 0.25) is 0 Å². The Morgan fingerprint density at radius 3 is 2.30 bits per heavy atom. The fourth-order valence-electron chi connectivity index (χ4n) is 2.33. The molecule has 2 N–H and O–H groups in total. The molecule has 0 aliphatic heterocycles. The molecular formula is C21H17IN2O2S. The standard InChI is InChI=1S/C21H17IN2O2S/c22-18-8-4-5-9-19(18)23-21(27)24-20(25)16-10-12-17(13-11-16)26-14-15-6-2-1-3-7-15/h1-13H,14H2,(H2,23,24,25,27). The van der Waals surface area contributed by atoms with Gasteiger partial charge in [-0.3, -0.25) is 10.1 Å². The molecule has 0 unspecified atom stereocenters. The maximum atomic E-state index is 12.3. The molecule has 0 bridgehead atoms. The van der Waals surface area contributed by atoms with E-state index in [-0.39, 0.29) is 11.0 Å². The van der Waals surface area contributed by atoms with E-state index in [2.05, 4.69) is 33.2 Å². The van der Waals surface area contributed by atoms with Crippen molar-refractivity contribution < 1.29 is 9.53 Å². The molecule has 27 heavy (non-hydrogen) atoms. The van der Waals surface area contributed by atoms with Gasteiger partial charge in [0.1, 0.15) is 12.4 Å². The lowest BCUT2D eigenvalue weighted by molar-refractivity contribution is 0.0977. The van der Waals surface area contributed by atoms with Gasteiger partial charge in [0.15, 0.2) is 5.11 Å². The molecule has 0 aliphatic rings. The van der Waals surface area contributed by atoms with Crippen molar-refractivity contribution in [3.8, 4) is 5.75 Å². The zero-order valence-electron chi connectivity index (χ0n) is 14.3. The molecule has 0 aliphatic carbocycles. The maximum Gasteiger partial charge on any atom is 0.257 e. The van der Waals surface area contributed by atoms with E-state index in [1.165, 1.54) is 0 Å². The highest BCUT2D eigenvalue weighted by Crippen LogP contribution is 2.17. The number of para-hydroxylation sites is 1. The number of carbonyl (C=O) groups excluding carboxylic acids is 1. The summed E-state index contributed by atoms with van der Waals surface area (Å²) in [5.41, 5.74) is 2.45. The van der Waals surface area contributed by atoms with Crippen LogP contribution in [0.1, 0.15) is 15.9 Å². The van der Waals surface area contributed by atoms with E-state index in [1.807, 2.05) is 54.6 Å². The summed E-state index contributed by atoms with van der Waals surface area (Å²) in [6.07, 6.45) is 0. The molecule has 4 nitrogen and oxygen atoms in total. The molecule has 0 saturated carbocycles. The Balaban J connectivity index is 1.54. The van der Waals surface area contributed by atoms with Crippen molar-refractivity contribution in [2.75, 3.05) is 5.32 Å². The van der Waals surface area contributed by atoms with E-state index < -0.39 is 0 Å². The highest BCUT2D eigenvalue weighted by Gasteiger charge is 2.09. The Bertz CT molecular complexity index is 930. The van der Waals surface area contributed by atoms with Gasteiger partial charge in [0.05, 0.1) is 5.69 Å². The number of halogens is 1. The lowest BCUT2D eigenvalue weighted by Crippen LogP contribution is -2.34. The van der Waals surface area contributed by atoms with Crippen LogP contribution in [-0.2, 0) is 6.61 Å². The van der Waals surface area contributed by atoms with E-state index in [9.17, 15) is 4.79 Å². The number of thiocarbonyl (C=S) groups is 1. The minimum absolute atomic E-state index is 0.258. The van der Waals surface area contributed by atoms with Crippen LogP contribution in [0.5, 0.6) is 5.75 Å². The second-order valence-electron chi connectivity index (χ2n) is 5.69. The average Bonchev–Trinajstić information content (AvgIpc) is 2.69. The molecule has 0 heterocycles. The number of nitrogens with one attached hydrogen (secondary N) is 2. The summed E-state index contributed by atoms with van der Waals surface area (Å²) in [4.78, 5) is 12.3. The van der Waals surface area contributed by atoms with Crippen LogP contribution in [0.25, 0.3) is 0 Å². The van der Waals surface area contributed by atoms with Crippen molar-refractivity contribution >= 4 is 51.5 Å². The SMILES string of the molecule is O=C(NC(=S)Nc1ccccc1I)c1ccc(OCc2ccccc2)cc1. The predicted octanol–water partition coefficient (Wildman–Crippen LogP) is 5.00. The molecule has 3 aromatic carbocycles. The van der Waals surface area contributed by atoms with Crippen molar-refractivity contribution in [1.29, 1.82) is 0 Å². The second kappa shape index (κ2) is 9.48. The quantitative estimate of drug-likeness (QED) is 0.392. The first kappa shape index (κ1) is 19.3. The molecule has 0 spiro atoms. The molecule has 0 radical (unpaired) electrons. The van der Waals surface area contributed by atoms with Gasteiger partial charge in [0.25, 0.3) is 5.91 Å². The molecule has 3 aromatic rings. The Morgan fingerprint density at radius 1 is 0.926 bits per heavy atom. The molecule has 0 atom stereocenters. The third kappa shape index (κ3) is 5.77. The fraction of sp³-hybridized carbons (Fsp3) is 0.0476.